The zero-order valence-electron chi connectivity index (χ0n) is 10.3. The van der Waals surface area contributed by atoms with Crippen molar-refractivity contribution in [1.29, 1.82) is 0 Å². The highest BCUT2D eigenvalue weighted by atomic mass is 16.5. The Kier molecular flexibility index (Phi) is 4.36. The molecule has 1 saturated carbocycles. The van der Waals surface area contributed by atoms with E-state index in [-0.39, 0.29) is 0 Å². The van der Waals surface area contributed by atoms with E-state index in [2.05, 4.69) is 11.9 Å². The first kappa shape index (κ1) is 12.1. The molecule has 1 unspecified atom stereocenters. The van der Waals surface area contributed by atoms with Gasteiger partial charge >= 0.3 is 0 Å². The van der Waals surface area contributed by atoms with Gasteiger partial charge in [-0.05, 0) is 45.7 Å². The summed E-state index contributed by atoms with van der Waals surface area (Å²) in [6.07, 6.45) is 6.42. The van der Waals surface area contributed by atoms with Crippen LogP contribution in [-0.4, -0.2) is 43.5 Å². The molecule has 0 bridgehead atoms. The molecule has 1 aliphatic carbocycles. The SMILES string of the molecule is CN(CCC1CCCC1=O)C1CCOCC1. The number of ketones is 1. The Bertz CT molecular complexity index is 236. The number of carbonyl (C=O) groups excluding carboxylic acids is 1. The molecular formula is C13H23NO2. The molecule has 1 atom stereocenters. The predicted octanol–water partition coefficient (Wildman–Crippen LogP) is 1.86. The molecule has 0 aromatic carbocycles. The highest BCUT2D eigenvalue weighted by Gasteiger charge is 2.25. The first-order valence-electron chi connectivity index (χ1n) is 6.58. The van der Waals surface area contributed by atoms with Gasteiger partial charge in [-0.3, -0.25) is 4.79 Å². The second-order valence-corrected chi connectivity index (χ2v) is 5.17. The van der Waals surface area contributed by atoms with Gasteiger partial charge in [0.15, 0.2) is 0 Å². The van der Waals surface area contributed by atoms with E-state index < -0.39 is 0 Å². The molecule has 2 aliphatic rings. The zero-order chi connectivity index (χ0) is 11.4. The van der Waals surface area contributed by atoms with E-state index in [0.717, 1.165) is 58.3 Å². The number of ether oxygens (including phenoxy) is 1. The van der Waals surface area contributed by atoms with Gasteiger partial charge in [-0.15, -0.1) is 0 Å². The van der Waals surface area contributed by atoms with E-state index in [1.54, 1.807) is 0 Å². The Balaban J connectivity index is 1.70. The lowest BCUT2D eigenvalue weighted by molar-refractivity contribution is -0.120. The molecule has 0 aromatic heterocycles. The van der Waals surface area contributed by atoms with Crippen LogP contribution in [0.2, 0.25) is 0 Å². The molecule has 1 aliphatic heterocycles. The number of hydrogen-bond donors (Lipinski definition) is 0. The Morgan fingerprint density at radius 3 is 2.69 bits per heavy atom. The van der Waals surface area contributed by atoms with Crippen LogP contribution in [0.15, 0.2) is 0 Å². The minimum atomic E-state index is 0.363. The zero-order valence-corrected chi connectivity index (χ0v) is 10.3. The molecule has 3 heteroatoms. The molecule has 92 valence electrons. The van der Waals surface area contributed by atoms with Gasteiger partial charge in [-0.1, -0.05) is 0 Å². The number of carbonyl (C=O) groups is 1. The molecule has 0 amide bonds. The van der Waals surface area contributed by atoms with Crippen LogP contribution in [0.1, 0.15) is 38.5 Å². The Morgan fingerprint density at radius 2 is 2.06 bits per heavy atom. The number of nitrogens with zero attached hydrogens (tertiary/aromatic N) is 1. The predicted molar refractivity (Wildman–Crippen MR) is 63.4 cm³/mol. The van der Waals surface area contributed by atoms with Crippen molar-refractivity contribution in [2.75, 3.05) is 26.8 Å². The molecule has 16 heavy (non-hydrogen) atoms. The number of hydrogen-bond acceptors (Lipinski definition) is 3. The van der Waals surface area contributed by atoms with Crippen LogP contribution in [0.4, 0.5) is 0 Å². The van der Waals surface area contributed by atoms with Crippen molar-refractivity contribution in [3.63, 3.8) is 0 Å². The minimum Gasteiger partial charge on any atom is -0.381 e. The lowest BCUT2D eigenvalue weighted by atomic mass is 10.0. The number of rotatable bonds is 4. The smallest absolute Gasteiger partial charge is 0.136 e. The fourth-order valence-corrected chi connectivity index (χ4v) is 2.86. The minimum absolute atomic E-state index is 0.363. The standard InChI is InChI=1S/C13H23NO2/c1-14(12-6-9-16-10-7-12)8-5-11-3-2-4-13(11)15/h11-12H,2-10H2,1H3. The van der Waals surface area contributed by atoms with Crippen molar-refractivity contribution in [3.05, 3.63) is 0 Å². The summed E-state index contributed by atoms with van der Waals surface area (Å²) < 4.78 is 5.36. The van der Waals surface area contributed by atoms with Gasteiger partial charge in [-0.2, -0.15) is 0 Å². The van der Waals surface area contributed by atoms with Crippen molar-refractivity contribution in [2.45, 2.75) is 44.6 Å². The van der Waals surface area contributed by atoms with Gasteiger partial charge in [0.2, 0.25) is 0 Å². The van der Waals surface area contributed by atoms with Gasteiger partial charge in [0.1, 0.15) is 5.78 Å². The normalized spacial score (nSPS) is 27.9. The quantitative estimate of drug-likeness (QED) is 0.731. The van der Waals surface area contributed by atoms with Crippen molar-refractivity contribution in [1.82, 2.24) is 4.90 Å². The van der Waals surface area contributed by atoms with Gasteiger partial charge < -0.3 is 9.64 Å². The maximum absolute atomic E-state index is 11.5. The molecular weight excluding hydrogens is 202 g/mol. The van der Waals surface area contributed by atoms with E-state index in [1.165, 1.54) is 0 Å². The summed E-state index contributed by atoms with van der Waals surface area (Å²) in [6.45, 7) is 2.87. The second-order valence-electron chi connectivity index (χ2n) is 5.17. The third-order valence-corrected chi connectivity index (χ3v) is 4.08. The summed E-state index contributed by atoms with van der Waals surface area (Å²) in [6, 6.07) is 0.672. The van der Waals surface area contributed by atoms with Gasteiger partial charge in [0.25, 0.3) is 0 Å². The first-order valence-corrected chi connectivity index (χ1v) is 6.58. The Hall–Kier alpha value is -0.410. The molecule has 0 aromatic rings. The Morgan fingerprint density at radius 1 is 1.31 bits per heavy atom. The van der Waals surface area contributed by atoms with Crippen molar-refractivity contribution < 1.29 is 9.53 Å². The van der Waals surface area contributed by atoms with E-state index in [9.17, 15) is 4.79 Å². The van der Waals surface area contributed by atoms with Crippen LogP contribution >= 0.6 is 0 Å². The van der Waals surface area contributed by atoms with Crippen LogP contribution in [0.3, 0.4) is 0 Å². The van der Waals surface area contributed by atoms with E-state index in [0.29, 0.717) is 17.7 Å². The summed E-state index contributed by atoms with van der Waals surface area (Å²) in [4.78, 5) is 13.9. The molecule has 0 spiro atoms. The third-order valence-electron chi connectivity index (χ3n) is 4.08. The van der Waals surface area contributed by atoms with E-state index in [4.69, 9.17) is 4.74 Å². The maximum Gasteiger partial charge on any atom is 0.136 e. The summed E-state index contributed by atoms with van der Waals surface area (Å²) in [5.74, 6) is 0.864. The highest BCUT2D eigenvalue weighted by Crippen LogP contribution is 2.25. The van der Waals surface area contributed by atoms with Gasteiger partial charge in [0, 0.05) is 31.6 Å². The summed E-state index contributed by atoms with van der Waals surface area (Å²) in [5.41, 5.74) is 0. The van der Waals surface area contributed by atoms with Crippen LogP contribution in [0.5, 0.6) is 0 Å². The molecule has 0 N–H and O–H groups in total. The lowest BCUT2D eigenvalue weighted by Crippen LogP contribution is -2.37. The fourth-order valence-electron chi connectivity index (χ4n) is 2.86. The van der Waals surface area contributed by atoms with Crippen LogP contribution in [0.25, 0.3) is 0 Å². The van der Waals surface area contributed by atoms with E-state index in [1.807, 2.05) is 0 Å². The van der Waals surface area contributed by atoms with E-state index >= 15 is 0 Å². The van der Waals surface area contributed by atoms with Crippen molar-refractivity contribution in [2.24, 2.45) is 5.92 Å². The molecule has 1 saturated heterocycles. The summed E-state index contributed by atoms with van der Waals surface area (Å²) >= 11 is 0. The van der Waals surface area contributed by atoms with Crippen LogP contribution in [0, 0.1) is 5.92 Å². The topological polar surface area (TPSA) is 29.5 Å². The second kappa shape index (κ2) is 5.78. The van der Waals surface area contributed by atoms with Crippen LogP contribution < -0.4 is 0 Å². The Labute approximate surface area is 98.1 Å². The molecule has 1 heterocycles. The highest BCUT2D eigenvalue weighted by molar-refractivity contribution is 5.82. The van der Waals surface area contributed by atoms with Crippen LogP contribution in [-0.2, 0) is 9.53 Å². The lowest BCUT2D eigenvalue weighted by Gasteiger charge is -2.31. The number of Topliss-reactive ketones (excluding diaryl/α,β-unsaturated/α-hetero) is 1. The van der Waals surface area contributed by atoms with Gasteiger partial charge in [-0.25, -0.2) is 0 Å². The average molecular weight is 225 g/mol. The summed E-state index contributed by atoms with van der Waals surface area (Å²) in [5, 5.41) is 0. The molecule has 0 radical (unpaired) electrons. The van der Waals surface area contributed by atoms with Crippen molar-refractivity contribution >= 4 is 5.78 Å². The maximum atomic E-state index is 11.5. The third kappa shape index (κ3) is 3.05. The van der Waals surface area contributed by atoms with Gasteiger partial charge in [0.05, 0.1) is 0 Å². The van der Waals surface area contributed by atoms with Crippen molar-refractivity contribution in [3.8, 4) is 0 Å². The molecule has 2 fully saturated rings. The molecule has 2 rings (SSSR count). The largest absolute Gasteiger partial charge is 0.381 e. The summed E-state index contributed by atoms with van der Waals surface area (Å²) in [7, 11) is 2.19. The fraction of sp³-hybridized carbons (Fsp3) is 0.923. The first-order chi connectivity index (χ1) is 7.77. The monoisotopic (exact) mass is 225 g/mol. The molecule has 3 nitrogen and oxygen atoms in total. The average Bonchev–Trinajstić information content (AvgIpc) is 2.73.